The van der Waals surface area contributed by atoms with E-state index in [1.165, 1.54) is 0 Å². The van der Waals surface area contributed by atoms with Gasteiger partial charge in [0.05, 0.1) is 13.5 Å². The first-order valence-electron chi connectivity index (χ1n) is 6.82. The first kappa shape index (κ1) is 17.5. The number of hydrogen-bond donors (Lipinski definition) is 2. The lowest BCUT2D eigenvalue weighted by atomic mass is 10.1. The quantitative estimate of drug-likeness (QED) is 0.749. The highest BCUT2D eigenvalue weighted by molar-refractivity contribution is 9.10. The Morgan fingerprint density at radius 1 is 1.43 bits per heavy atom. The van der Waals surface area contributed by atoms with Crippen molar-refractivity contribution in [3.8, 4) is 5.75 Å². The lowest BCUT2D eigenvalue weighted by molar-refractivity contribution is -0.142. The largest absolute Gasteiger partial charge is 0.497 e. The fraction of sp³-hybridized carbons (Fsp3) is 0.467. The van der Waals surface area contributed by atoms with Crippen molar-refractivity contribution in [2.75, 3.05) is 7.11 Å². The summed E-state index contributed by atoms with van der Waals surface area (Å²) >= 11 is 3.37. The van der Waals surface area contributed by atoms with Crippen LogP contribution in [-0.2, 0) is 16.0 Å². The van der Waals surface area contributed by atoms with Gasteiger partial charge in [-0.15, -0.1) is 0 Å². The summed E-state index contributed by atoms with van der Waals surface area (Å²) < 4.78 is 5.91. The van der Waals surface area contributed by atoms with Gasteiger partial charge in [-0.3, -0.25) is 4.79 Å². The maximum absolute atomic E-state index is 12.0. The molecule has 21 heavy (non-hydrogen) atoms. The van der Waals surface area contributed by atoms with Gasteiger partial charge in [0.1, 0.15) is 11.8 Å². The average Bonchev–Trinajstić information content (AvgIpc) is 2.45. The molecule has 1 aromatic rings. The van der Waals surface area contributed by atoms with Crippen LogP contribution in [0.4, 0.5) is 0 Å². The Morgan fingerprint density at radius 2 is 2.14 bits per heavy atom. The predicted molar refractivity (Wildman–Crippen MR) is 83.5 cm³/mol. The second kappa shape index (κ2) is 8.67. The summed E-state index contributed by atoms with van der Waals surface area (Å²) in [4.78, 5) is 23.1. The molecule has 1 unspecified atom stereocenters. The minimum Gasteiger partial charge on any atom is -0.497 e. The van der Waals surface area contributed by atoms with Gasteiger partial charge in [-0.2, -0.15) is 0 Å². The third-order valence-electron chi connectivity index (χ3n) is 3.08. The number of carbonyl (C=O) groups is 2. The second-order valence-electron chi connectivity index (χ2n) is 4.73. The molecule has 0 aliphatic rings. The number of carbonyl (C=O) groups excluding carboxylic acids is 1. The van der Waals surface area contributed by atoms with Crippen molar-refractivity contribution in [3.63, 3.8) is 0 Å². The SMILES string of the molecule is CCCCC(NC(=O)Cc1cc(OC)ccc1Br)C(=O)O. The van der Waals surface area contributed by atoms with Gasteiger partial charge in [-0.25, -0.2) is 4.79 Å². The molecule has 0 bridgehead atoms. The molecule has 0 aromatic heterocycles. The highest BCUT2D eigenvalue weighted by Gasteiger charge is 2.19. The van der Waals surface area contributed by atoms with Crippen LogP contribution in [-0.4, -0.2) is 30.1 Å². The van der Waals surface area contributed by atoms with Crippen molar-refractivity contribution in [2.45, 2.75) is 38.6 Å². The Labute approximate surface area is 132 Å². The molecule has 0 saturated carbocycles. The van der Waals surface area contributed by atoms with Gasteiger partial charge in [0.2, 0.25) is 5.91 Å². The summed E-state index contributed by atoms with van der Waals surface area (Å²) in [7, 11) is 1.55. The van der Waals surface area contributed by atoms with Crippen molar-refractivity contribution >= 4 is 27.8 Å². The number of carboxylic acid groups (broad SMARTS) is 1. The van der Waals surface area contributed by atoms with E-state index in [0.717, 1.165) is 22.9 Å². The van der Waals surface area contributed by atoms with E-state index in [4.69, 9.17) is 9.84 Å². The Morgan fingerprint density at radius 3 is 2.71 bits per heavy atom. The summed E-state index contributed by atoms with van der Waals surface area (Å²) in [6.45, 7) is 1.98. The molecular weight excluding hydrogens is 338 g/mol. The van der Waals surface area contributed by atoms with Crippen molar-refractivity contribution < 1.29 is 19.4 Å². The van der Waals surface area contributed by atoms with Gasteiger partial charge in [0.25, 0.3) is 0 Å². The molecule has 0 fully saturated rings. The van der Waals surface area contributed by atoms with Gasteiger partial charge >= 0.3 is 5.97 Å². The van der Waals surface area contributed by atoms with Crippen molar-refractivity contribution in [3.05, 3.63) is 28.2 Å². The third kappa shape index (κ3) is 5.75. The van der Waals surface area contributed by atoms with Crippen LogP contribution in [0.1, 0.15) is 31.7 Å². The van der Waals surface area contributed by atoms with Crippen LogP contribution in [0.2, 0.25) is 0 Å². The molecule has 1 aromatic carbocycles. The van der Waals surface area contributed by atoms with Gasteiger partial charge < -0.3 is 15.2 Å². The number of aliphatic carboxylic acids is 1. The molecule has 0 heterocycles. The van der Waals surface area contributed by atoms with Crippen LogP contribution < -0.4 is 10.1 Å². The van der Waals surface area contributed by atoms with Crippen molar-refractivity contribution in [1.82, 2.24) is 5.32 Å². The van der Waals surface area contributed by atoms with Crippen LogP contribution in [0.15, 0.2) is 22.7 Å². The average molecular weight is 358 g/mol. The number of benzene rings is 1. The molecule has 116 valence electrons. The number of methoxy groups -OCH3 is 1. The van der Waals surface area contributed by atoms with E-state index >= 15 is 0 Å². The van der Waals surface area contributed by atoms with Gasteiger partial charge in [-0.05, 0) is 30.2 Å². The standard InChI is InChI=1S/C15H20BrNO4/c1-3-4-5-13(15(19)20)17-14(18)9-10-8-11(21-2)6-7-12(10)16/h6-8,13H,3-5,9H2,1-2H3,(H,17,18)(H,19,20). The fourth-order valence-corrected chi connectivity index (χ4v) is 2.28. The number of halogens is 1. The number of hydrogen-bond acceptors (Lipinski definition) is 3. The molecule has 0 spiro atoms. The fourth-order valence-electron chi connectivity index (χ4n) is 1.90. The van der Waals surface area contributed by atoms with Gasteiger partial charge in [-0.1, -0.05) is 35.7 Å². The summed E-state index contributed by atoms with van der Waals surface area (Å²) in [5, 5.41) is 11.7. The van der Waals surface area contributed by atoms with E-state index in [-0.39, 0.29) is 12.3 Å². The first-order valence-corrected chi connectivity index (χ1v) is 7.61. The summed E-state index contributed by atoms with van der Waals surface area (Å²) in [5.74, 6) is -0.657. The molecule has 6 heteroatoms. The van der Waals surface area contributed by atoms with Crippen LogP contribution in [0.25, 0.3) is 0 Å². The molecule has 0 saturated heterocycles. The van der Waals surface area contributed by atoms with E-state index in [1.807, 2.05) is 6.92 Å². The molecule has 1 atom stereocenters. The Hall–Kier alpha value is -1.56. The summed E-state index contributed by atoms with van der Waals surface area (Å²) in [6.07, 6.45) is 2.20. The maximum Gasteiger partial charge on any atom is 0.326 e. The number of amides is 1. The molecule has 2 N–H and O–H groups in total. The number of carboxylic acids is 1. The highest BCUT2D eigenvalue weighted by Crippen LogP contribution is 2.22. The predicted octanol–water partition coefficient (Wildman–Crippen LogP) is 2.76. The van der Waals surface area contributed by atoms with Gasteiger partial charge in [0, 0.05) is 4.47 Å². The zero-order chi connectivity index (χ0) is 15.8. The maximum atomic E-state index is 12.0. The molecule has 0 aliphatic heterocycles. The Kier molecular flexibility index (Phi) is 7.22. The first-order chi connectivity index (χ1) is 9.97. The second-order valence-corrected chi connectivity index (χ2v) is 5.59. The minimum absolute atomic E-state index is 0.105. The monoisotopic (exact) mass is 357 g/mol. The zero-order valence-corrected chi connectivity index (χ0v) is 13.8. The topological polar surface area (TPSA) is 75.6 Å². The molecule has 1 amide bonds. The lowest BCUT2D eigenvalue weighted by Crippen LogP contribution is -2.41. The summed E-state index contributed by atoms with van der Waals surface area (Å²) in [6, 6.07) is 4.51. The molecule has 0 aliphatic carbocycles. The van der Waals surface area contributed by atoms with E-state index in [2.05, 4.69) is 21.2 Å². The van der Waals surface area contributed by atoms with Crippen LogP contribution in [0.5, 0.6) is 5.75 Å². The van der Waals surface area contributed by atoms with Crippen LogP contribution in [0.3, 0.4) is 0 Å². The number of rotatable bonds is 8. The number of ether oxygens (including phenoxy) is 1. The Balaban J connectivity index is 2.69. The third-order valence-corrected chi connectivity index (χ3v) is 3.86. The van der Waals surface area contributed by atoms with E-state index < -0.39 is 12.0 Å². The molecule has 1 rings (SSSR count). The van der Waals surface area contributed by atoms with E-state index in [1.54, 1.807) is 25.3 Å². The van der Waals surface area contributed by atoms with E-state index in [9.17, 15) is 9.59 Å². The lowest BCUT2D eigenvalue weighted by Gasteiger charge is -2.14. The van der Waals surface area contributed by atoms with Crippen LogP contribution >= 0.6 is 15.9 Å². The molecule has 0 radical (unpaired) electrons. The Bertz CT molecular complexity index is 504. The molecular formula is C15H20BrNO4. The zero-order valence-electron chi connectivity index (χ0n) is 12.2. The molecule has 5 nitrogen and oxygen atoms in total. The number of unbranched alkanes of at least 4 members (excludes halogenated alkanes) is 1. The van der Waals surface area contributed by atoms with Crippen molar-refractivity contribution in [2.24, 2.45) is 0 Å². The highest BCUT2D eigenvalue weighted by atomic mass is 79.9. The minimum atomic E-state index is -0.999. The smallest absolute Gasteiger partial charge is 0.326 e. The van der Waals surface area contributed by atoms with Gasteiger partial charge in [0.15, 0.2) is 0 Å². The van der Waals surface area contributed by atoms with E-state index in [0.29, 0.717) is 12.2 Å². The number of nitrogens with one attached hydrogen (secondary N) is 1. The van der Waals surface area contributed by atoms with Crippen molar-refractivity contribution in [1.29, 1.82) is 0 Å². The summed E-state index contributed by atoms with van der Waals surface area (Å²) in [5.41, 5.74) is 0.756. The normalized spacial score (nSPS) is 11.8. The van der Waals surface area contributed by atoms with Crippen LogP contribution in [0, 0.1) is 0 Å².